The number of hydrogen-bond donors (Lipinski definition) is 3. The molecule has 3 rings (SSSR count). The Kier molecular flexibility index (Phi) is 12.4. The SMILES string of the molecule is COc1ccc(NC(N=C/C=C(\C)NCC2CCN(C(C)=O)CC2)=C(C)C)cc1OCCCNc1ccccc1. The topological polar surface area (TPSA) is 87.2 Å². The molecule has 1 aliphatic rings. The van der Waals surface area contributed by atoms with Gasteiger partial charge in [0.15, 0.2) is 11.5 Å². The molecular weight excluding hydrogens is 502 g/mol. The number of anilines is 2. The molecule has 0 unspecified atom stereocenters. The van der Waals surface area contributed by atoms with Crippen LogP contribution in [0.3, 0.4) is 0 Å². The summed E-state index contributed by atoms with van der Waals surface area (Å²) in [5, 5.41) is 10.3. The molecule has 1 heterocycles. The first-order valence-corrected chi connectivity index (χ1v) is 14.1. The summed E-state index contributed by atoms with van der Waals surface area (Å²) in [6, 6.07) is 16.0. The number of nitrogens with zero attached hydrogens (tertiary/aromatic N) is 2. The van der Waals surface area contributed by atoms with Gasteiger partial charge in [-0.1, -0.05) is 18.2 Å². The largest absolute Gasteiger partial charge is 0.493 e. The molecule has 1 aliphatic heterocycles. The molecule has 0 radical (unpaired) electrons. The predicted octanol–water partition coefficient (Wildman–Crippen LogP) is 6.06. The van der Waals surface area contributed by atoms with Gasteiger partial charge in [0.1, 0.15) is 5.82 Å². The third kappa shape index (κ3) is 10.3. The fourth-order valence-electron chi connectivity index (χ4n) is 4.37. The smallest absolute Gasteiger partial charge is 0.219 e. The number of piperidine rings is 1. The lowest BCUT2D eigenvalue weighted by Gasteiger charge is -2.31. The molecule has 2 aromatic rings. The zero-order valence-corrected chi connectivity index (χ0v) is 24.6. The second-order valence-electron chi connectivity index (χ2n) is 10.3. The molecule has 0 atom stereocenters. The Labute approximate surface area is 239 Å². The van der Waals surface area contributed by atoms with Crippen molar-refractivity contribution in [1.82, 2.24) is 10.2 Å². The quantitative estimate of drug-likeness (QED) is 0.197. The van der Waals surface area contributed by atoms with Crippen molar-refractivity contribution < 1.29 is 14.3 Å². The van der Waals surface area contributed by atoms with Crippen molar-refractivity contribution in [2.75, 3.05) is 50.5 Å². The van der Waals surface area contributed by atoms with E-state index >= 15 is 0 Å². The van der Waals surface area contributed by atoms with Gasteiger partial charge in [-0.2, -0.15) is 0 Å². The molecule has 3 N–H and O–H groups in total. The lowest BCUT2D eigenvalue weighted by molar-refractivity contribution is -0.130. The van der Waals surface area contributed by atoms with E-state index in [1.54, 1.807) is 14.0 Å². The molecule has 0 bridgehead atoms. The molecule has 2 aromatic carbocycles. The minimum atomic E-state index is 0.174. The van der Waals surface area contributed by atoms with Crippen molar-refractivity contribution in [2.24, 2.45) is 10.9 Å². The van der Waals surface area contributed by atoms with Crippen LogP contribution in [-0.4, -0.2) is 56.9 Å². The molecule has 1 fully saturated rings. The van der Waals surface area contributed by atoms with Gasteiger partial charge in [0, 0.05) is 62.5 Å². The van der Waals surface area contributed by atoms with E-state index in [1.807, 2.05) is 67.4 Å². The number of methoxy groups -OCH3 is 1. The van der Waals surface area contributed by atoms with Crippen LogP contribution >= 0.6 is 0 Å². The summed E-state index contributed by atoms with van der Waals surface area (Å²) in [5.41, 5.74) is 4.11. The molecule has 0 aliphatic carbocycles. The van der Waals surface area contributed by atoms with Gasteiger partial charge in [-0.15, -0.1) is 0 Å². The minimum Gasteiger partial charge on any atom is -0.493 e. The number of nitrogens with one attached hydrogen (secondary N) is 3. The number of carbonyl (C=O) groups is 1. The van der Waals surface area contributed by atoms with Crippen LogP contribution in [0, 0.1) is 5.92 Å². The monoisotopic (exact) mass is 547 g/mol. The van der Waals surface area contributed by atoms with Crippen LogP contribution < -0.4 is 25.4 Å². The van der Waals surface area contributed by atoms with Crippen LogP contribution in [0.2, 0.25) is 0 Å². The highest BCUT2D eigenvalue weighted by molar-refractivity contribution is 5.74. The van der Waals surface area contributed by atoms with E-state index in [9.17, 15) is 4.79 Å². The van der Waals surface area contributed by atoms with E-state index in [0.717, 1.165) is 73.9 Å². The summed E-state index contributed by atoms with van der Waals surface area (Å²) in [4.78, 5) is 18.1. The predicted molar refractivity (Wildman–Crippen MR) is 165 cm³/mol. The van der Waals surface area contributed by atoms with E-state index in [0.29, 0.717) is 24.0 Å². The van der Waals surface area contributed by atoms with E-state index in [2.05, 4.69) is 40.0 Å². The third-order valence-electron chi connectivity index (χ3n) is 6.84. The van der Waals surface area contributed by atoms with Crippen molar-refractivity contribution in [3.05, 3.63) is 71.7 Å². The number of amides is 1. The van der Waals surface area contributed by atoms with Crippen molar-refractivity contribution in [1.29, 1.82) is 0 Å². The van der Waals surface area contributed by atoms with Crippen molar-refractivity contribution in [2.45, 2.75) is 47.0 Å². The van der Waals surface area contributed by atoms with Crippen LogP contribution in [0.4, 0.5) is 11.4 Å². The molecule has 8 heteroatoms. The maximum Gasteiger partial charge on any atom is 0.219 e. The van der Waals surface area contributed by atoms with Crippen LogP contribution in [0.15, 0.2) is 76.7 Å². The van der Waals surface area contributed by atoms with Gasteiger partial charge < -0.3 is 30.3 Å². The number of likely N-dealkylation sites (tertiary alicyclic amines) is 1. The Hall–Kier alpha value is -3.94. The maximum atomic E-state index is 11.5. The third-order valence-corrected chi connectivity index (χ3v) is 6.84. The zero-order valence-electron chi connectivity index (χ0n) is 24.6. The lowest BCUT2D eigenvalue weighted by atomic mass is 9.96. The lowest BCUT2D eigenvalue weighted by Crippen LogP contribution is -2.39. The number of allylic oxidation sites excluding steroid dienone is 3. The standard InChI is InChI=1S/C32H45N5O3/c1-24(2)32(34-18-14-25(3)35-23-27-15-19-37(20-16-27)26(4)38)36-29-12-13-30(39-5)31(22-29)40-21-9-17-33-28-10-7-6-8-11-28/h6-8,10-14,18,22,27,33,35-36H,9,15-17,19-21,23H2,1-5H3/b25-14+,34-18?. The Balaban J connectivity index is 1.49. The number of ether oxygens (including phenoxy) is 2. The van der Waals surface area contributed by atoms with Gasteiger partial charge in [-0.05, 0) is 81.9 Å². The van der Waals surface area contributed by atoms with E-state index in [-0.39, 0.29) is 5.91 Å². The molecule has 1 saturated heterocycles. The highest BCUT2D eigenvalue weighted by Crippen LogP contribution is 2.31. The molecular formula is C32H45N5O3. The first-order chi connectivity index (χ1) is 19.4. The average molecular weight is 548 g/mol. The normalized spacial score (nSPS) is 14.1. The van der Waals surface area contributed by atoms with Crippen LogP contribution in [0.1, 0.15) is 47.0 Å². The van der Waals surface area contributed by atoms with Crippen molar-refractivity contribution in [3.63, 3.8) is 0 Å². The van der Waals surface area contributed by atoms with Gasteiger partial charge in [-0.3, -0.25) is 4.79 Å². The van der Waals surface area contributed by atoms with Crippen LogP contribution in [0.5, 0.6) is 11.5 Å². The number of carbonyl (C=O) groups excluding carboxylic acids is 1. The number of para-hydroxylation sites is 1. The first-order valence-electron chi connectivity index (χ1n) is 14.1. The fraction of sp³-hybridized carbons (Fsp3) is 0.438. The molecule has 40 heavy (non-hydrogen) atoms. The van der Waals surface area contributed by atoms with E-state index in [1.165, 1.54) is 0 Å². The van der Waals surface area contributed by atoms with Gasteiger partial charge in [-0.25, -0.2) is 4.99 Å². The maximum absolute atomic E-state index is 11.5. The molecule has 0 saturated carbocycles. The summed E-state index contributed by atoms with van der Waals surface area (Å²) in [6.45, 7) is 11.8. The summed E-state index contributed by atoms with van der Waals surface area (Å²) in [6.07, 6.45) is 6.74. The minimum absolute atomic E-state index is 0.174. The molecule has 0 aromatic heterocycles. The van der Waals surface area contributed by atoms with Gasteiger partial charge in [0.25, 0.3) is 0 Å². The number of aliphatic imine (C=N–C) groups is 1. The second kappa shape index (κ2) is 16.2. The van der Waals surface area contributed by atoms with E-state index in [4.69, 9.17) is 9.47 Å². The fourth-order valence-corrected chi connectivity index (χ4v) is 4.37. The molecule has 8 nitrogen and oxygen atoms in total. The molecule has 1 amide bonds. The summed E-state index contributed by atoms with van der Waals surface area (Å²) >= 11 is 0. The van der Waals surface area contributed by atoms with Crippen molar-refractivity contribution in [3.8, 4) is 11.5 Å². The zero-order chi connectivity index (χ0) is 28.7. The summed E-state index contributed by atoms with van der Waals surface area (Å²) in [5.74, 6) is 2.92. The average Bonchev–Trinajstić information content (AvgIpc) is 2.96. The Bertz CT molecular complexity index is 1160. The number of rotatable bonds is 14. The molecule has 0 spiro atoms. The Morgan fingerprint density at radius 1 is 1.02 bits per heavy atom. The second-order valence-corrected chi connectivity index (χ2v) is 10.3. The number of benzene rings is 2. The highest BCUT2D eigenvalue weighted by Gasteiger charge is 2.20. The van der Waals surface area contributed by atoms with Gasteiger partial charge in [0.2, 0.25) is 5.91 Å². The molecule has 216 valence electrons. The van der Waals surface area contributed by atoms with E-state index < -0.39 is 0 Å². The Morgan fingerprint density at radius 3 is 2.45 bits per heavy atom. The van der Waals surface area contributed by atoms with Crippen LogP contribution in [0.25, 0.3) is 0 Å². The van der Waals surface area contributed by atoms with Crippen LogP contribution in [-0.2, 0) is 4.79 Å². The van der Waals surface area contributed by atoms with Gasteiger partial charge >= 0.3 is 0 Å². The summed E-state index contributed by atoms with van der Waals surface area (Å²) < 4.78 is 11.6. The van der Waals surface area contributed by atoms with Crippen molar-refractivity contribution >= 4 is 23.5 Å². The van der Waals surface area contributed by atoms with Gasteiger partial charge in [0.05, 0.1) is 13.7 Å². The highest BCUT2D eigenvalue weighted by atomic mass is 16.5. The Morgan fingerprint density at radius 2 is 1.77 bits per heavy atom. The summed E-state index contributed by atoms with van der Waals surface area (Å²) in [7, 11) is 1.65. The number of hydrogen-bond acceptors (Lipinski definition) is 7. The first kappa shape index (κ1) is 30.6.